The van der Waals surface area contributed by atoms with Gasteiger partial charge in [-0.25, -0.2) is 8.42 Å². The molecule has 1 rings (SSSR count). The van der Waals surface area contributed by atoms with E-state index in [-0.39, 0.29) is 18.6 Å². The molecule has 15 heavy (non-hydrogen) atoms. The Kier molecular flexibility index (Phi) is 4.98. The van der Waals surface area contributed by atoms with Crippen molar-refractivity contribution in [2.45, 2.75) is 38.7 Å². The van der Waals surface area contributed by atoms with Crippen molar-refractivity contribution in [3.8, 4) is 0 Å². The summed E-state index contributed by atoms with van der Waals surface area (Å²) in [7, 11) is -4.54. The third kappa shape index (κ3) is 5.46. The van der Waals surface area contributed by atoms with Crippen LogP contribution in [-0.4, -0.2) is 32.3 Å². The van der Waals surface area contributed by atoms with Crippen LogP contribution in [0.3, 0.4) is 0 Å². The van der Waals surface area contributed by atoms with Gasteiger partial charge >= 0.3 is 0 Å². The minimum Gasteiger partial charge on any atom is -0.726 e. The third-order valence-corrected chi connectivity index (χ3v) is 2.92. The van der Waals surface area contributed by atoms with Crippen LogP contribution in [0.4, 0.5) is 0 Å². The Morgan fingerprint density at radius 2 is 2.13 bits per heavy atom. The molecule has 0 aliphatic heterocycles. The van der Waals surface area contributed by atoms with Gasteiger partial charge in [-0.15, -0.1) is 0 Å². The molecule has 90 valence electrons. The van der Waals surface area contributed by atoms with E-state index in [2.05, 4.69) is 4.18 Å². The first-order chi connectivity index (χ1) is 7.01. The zero-order valence-corrected chi connectivity index (χ0v) is 9.66. The molecule has 0 radical (unpaired) electrons. The summed E-state index contributed by atoms with van der Waals surface area (Å²) in [5.41, 5.74) is 0. The lowest BCUT2D eigenvalue weighted by Crippen LogP contribution is -2.14. The van der Waals surface area contributed by atoms with Crippen LogP contribution in [0.25, 0.3) is 0 Å². The molecular formula is C9H17O5S-. The van der Waals surface area contributed by atoms with E-state index in [0.717, 1.165) is 32.3 Å². The summed E-state index contributed by atoms with van der Waals surface area (Å²) < 4.78 is 40.5. The highest BCUT2D eigenvalue weighted by Gasteiger charge is 2.25. The maximum absolute atomic E-state index is 10.2. The van der Waals surface area contributed by atoms with Crippen molar-refractivity contribution in [3.05, 3.63) is 0 Å². The average Bonchev–Trinajstić information content (AvgIpc) is 2.58. The fraction of sp³-hybridized carbons (Fsp3) is 1.00. The maximum atomic E-state index is 10.2. The molecule has 2 atom stereocenters. The Morgan fingerprint density at radius 3 is 2.73 bits per heavy atom. The van der Waals surface area contributed by atoms with Crippen LogP contribution in [0.5, 0.6) is 0 Å². The van der Waals surface area contributed by atoms with Gasteiger partial charge in [0.1, 0.15) is 0 Å². The topological polar surface area (TPSA) is 75.7 Å². The third-order valence-electron chi connectivity index (χ3n) is 2.50. The van der Waals surface area contributed by atoms with Crippen molar-refractivity contribution in [2.75, 3.05) is 13.2 Å². The maximum Gasteiger partial charge on any atom is 0.217 e. The minimum atomic E-state index is -4.54. The van der Waals surface area contributed by atoms with Crippen molar-refractivity contribution < 1.29 is 21.9 Å². The summed E-state index contributed by atoms with van der Waals surface area (Å²) in [6.45, 7) is 2.77. The first-order valence-electron chi connectivity index (χ1n) is 5.23. The van der Waals surface area contributed by atoms with Crippen LogP contribution in [-0.2, 0) is 19.3 Å². The van der Waals surface area contributed by atoms with E-state index in [1.165, 1.54) is 0 Å². The van der Waals surface area contributed by atoms with E-state index in [4.69, 9.17) is 4.74 Å². The molecule has 0 bridgehead atoms. The van der Waals surface area contributed by atoms with Crippen LogP contribution in [0.15, 0.2) is 0 Å². The largest absolute Gasteiger partial charge is 0.726 e. The standard InChI is InChI=1S/C9H18O5S/c1-2-5-13-9-4-3-8(6-9)7-14-15(10,11)12/h8-9H,2-7H2,1H3,(H,10,11,12)/p-1. The van der Waals surface area contributed by atoms with Gasteiger partial charge in [-0.2, -0.15) is 0 Å². The van der Waals surface area contributed by atoms with Crippen LogP contribution < -0.4 is 0 Å². The highest BCUT2D eigenvalue weighted by molar-refractivity contribution is 7.80. The van der Waals surface area contributed by atoms with Crippen LogP contribution in [0, 0.1) is 5.92 Å². The van der Waals surface area contributed by atoms with Crippen LogP contribution >= 0.6 is 0 Å². The van der Waals surface area contributed by atoms with Crippen LogP contribution in [0.2, 0.25) is 0 Å². The summed E-state index contributed by atoms with van der Waals surface area (Å²) in [6.07, 6.45) is 3.76. The van der Waals surface area contributed by atoms with Crippen molar-refractivity contribution in [3.63, 3.8) is 0 Å². The SMILES string of the molecule is CCCOC1CCC(COS(=O)(=O)[O-])C1. The summed E-state index contributed by atoms with van der Waals surface area (Å²) in [5.74, 6) is 0.135. The molecule has 0 N–H and O–H groups in total. The highest BCUT2D eigenvalue weighted by Crippen LogP contribution is 2.28. The van der Waals surface area contributed by atoms with E-state index in [1.54, 1.807) is 0 Å². The lowest BCUT2D eigenvalue weighted by molar-refractivity contribution is 0.0539. The predicted molar refractivity (Wildman–Crippen MR) is 53.0 cm³/mol. The van der Waals surface area contributed by atoms with Gasteiger partial charge in [-0.05, 0) is 31.6 Å². The summed E-state index contributed by atoms with van der Waals surface area (Å²) >= 11 is 0. The first kappa shape index (κ1) is 12.9. The van der Waals surface area contributed by atoms with Gasteiger partial charge in [0, 0.05) is 6.61 Å². The second-order valence-corrected chi connectivity index (χ2v) is 4.92. The van der Waals surface area contributed by atoms with E-state index in [1.807, 2.05) is 6.92 Å². The van der Waals surface area contributed by atoms with Gasteiger partial charge in [-0.3, -0.25) is 4.18 Å². The lowest BCUT2D eigenvalue weighted by atomic mass is 10.1. The van der Waals surface area contributed by atoms with Gasteiger partial charge < -0.3 is 9.29 Å². The number of hydrogen-bond acceptors (Lipinski definition) is 5. The van der Waals surface area contributed by atoms with Crippen molar-refractivity contribution in [2.24, 2.45) is 5.92 Å². The first-order valence-corrected chi connectivity index (χ1v) is 6.56. The Labute approximate surface area is 90.7 Å². The molecule has 1 fully saturated rings. The van der Waals surface area contributed by atoms with Crippen molar-refractivity contribution in [1.82, 2.24) is 0 Å². The quantitative estimate of drug-likeness (QED) is 0.510. The summed E-state index contributed by atoms with van der Waals surface area (Å²) in [6, 6.07) is 0. The minimum absolute atomic E-state index is 0.00216. The monoisotopic (exact) mass is 237 g/mol. The zero-order valence-electron chi connectivity index (χ0n) is 8.85. The van der Waals surface area contributed by atoms with Gasteiger partial charge in [0.05, 0.1) is 12.7 Å². The van der Waals surface area contributed by atoms with E-state index < -0.39 is 10.4 Å². The van der Waals surface area contributed by atoms with Gasteiger partial charge in [-0.1, -0.05) is 6.92 Å². The van der Waals surface area contributed by atoms with E-state index >= 15 is 0 Å². The molecule has 0 aromatic carbocycles. The normalized spacial score (nSPS) is 27.1. The van der Waals surface area contributed by atoms with E-state index in [0.29, 0.717) is 0 Å². The second-order valence-electron chi connectivity index (χ2n) is 3.86. The molecule has 6 heteroatoms. The molecule has 5 nitrogen and oxygen atoms in total. The average molecular weight is 237 g/mol. The van der Waals surface area contributed by atoms with Gasteiger partial charge in [0.25, 0.3) is 0 Å². The summed E-state index contributed by atoms with van der Waals surface area (Å²) in [5, 5.41) is 0. The molecule has 0 aromatic heterocycles. The smallest absolute Gasteiger partial charge is 0.217 e. The van der Waals surface area contributed by atoms with Gasteiger partial charge in [0.15, 0.2) is 0 Å². The zero-order chi connectivity index (χ0) is 11.3. The summed E-state index contributed by atoms with van der Waals surface area (Å²) in [4.78, 5) is 0. The highest BCUT2D eigenvalue weighted by atomic mass is 32.3. The lowest BCUT2D eigenvalue weighted by Gasteiger charge is -2.13. The molecular weight excluding hydrogens is 220 g/mol. The van der Waals surface area contributed by atoms with Gasteiger partial charge in [0.2, 0.25) is 10.4 Å². The molecule has 0 spiro atoms. The molecule has 1 aliphatic rings. The molecule has 0 saturated heterocycles. The fourth-order valence-corrected chi connectivity index (χ4v) is 2.16. The molecule has 1 aliphatic carbocycles. The Bertz CT molecular complexity index is 274. The Balaban J connectivity index is 2.19. The molecule has 0 aromatic rings. The van der Waals surface area contributed by atoms with Crippen molar-refractivity contribution >= 4 is 10.4 Å². The van der Waals surface area contributed by atoms with Crippen molar-refractivity contribution in [1.29, 1.82) is 0 Å². The molecule has 0 amide bonds. The van der Waals surface area contributed by atoms with E-state index in [9.17, 15) is 13.0 Å². The number of hydrogen-bond donors (Lipinski definition) is 0. The number of rotatable bonds is 6. The Morgan fingerprint density at radius 1 is 1.40 bits per heavy atom. The number of ether oxygens (including phenoxy) is 1. The molecule has 1 saturated carbocycles. The van der Waals surface area contributed by atoms with Crippen LogP contribution in [0.1, 0.15) is 32.6 Å². The predicted octanol–water partition coefficient (Wildman–Crippen LogP) is 1.06. The fourth-order valence-electron chi connectivity index (χ4n) is 1.80. The second kappa shape index (κ2) is 5.79. The molecule has 2 unspecified atom stereocenters. The Hall–Kier alpha value is -0.170. The molecule has 0 heterocycles.